The molecule has 9 unspecified atom stereocenters. The number of hydrogen-bond acceptors (Lipinski definition) is 10. The smallest absolute Gasteiger partial charge is 0.109 e. The summed E-state index contributed by atoms with van der Waals surface area (Å²) in [4.78, 5) is 0. The van der Waals surface area contributed by atoms with Gasteiger partial charge in [-0.3, -0.25) is 0 Å². The van der Waals surface area contributed by atoms with E-state index in [1.54, 1.807) is 5.56 Å². The molecule has 139 heavy (non-hydrogen) atoms. The average molecular weight is 1880 g/mol. The molecule has 0 aliphatic heterocycles. The highest BCUT2D eigenvalue weighted by Crippen LogP contribution is 2.63. The fraction of sp³-hybridized carbons (Fsp3) is 0.473. The summed E-state index contributed by atoms with van der Waals surface area (Å²) in [5.41, 5.74) is 29.4. The number of rotatable bonds is 26. The summed E-state index contributed by atoms with van der Waals surface area (Å²) in [6.07, 6.45) is 24.0. The van der Waals surface area contributed by atoms with E-state index in [1.807, 2.05) is 20.8 Å². The zero-order valence-electron chi connectivity index (χ0n) is 87.2. The molecule has 12 aromatic carbocycles. The molecule has 10 heteroatoms. The molecule has 2 bridgehead atoms. The number of hydrogen-bond donors (Lipinski definition) is 0. The molecule has 10 nitrogen and oxygen atoms in total. The Bertz CT molecular complexity index is 5560. The van der Waals surface area contributed by atoms with Gasteiger partial charge < -0.3 is 47.4 Å². The van der Waals surface area contributed by atoms with Crippen LogP contribution in [0, 0.1) is 28.6 Å². The Labute approximate surface area is 837 Å². The summed E-state index contributed by atoms with van der Waals surface area (Å²) in [5.74, 6) is 4.03. The standard InChI is InChI=1S/C16H16O.C15H16O.C15H14O.C14H14O.2C13H18O.C12H22O.2C12H16O.C7H16O/c1-2-17-11-16-14-9-5-3-7-12(14)13-8-4-6-10-15(13)16;1-2-16-10-13-9-12-7-3-5-11-6-4-8-14(13)15(11)12;1-2-16-15-13-9-5-3-7-11(13)12-8-4-6-10-14(12)15;1-2-15-13-9-11-7-3-5-10-6-4-8-12(13)14(10)11;1-2-14-10-12-8-5-7-11-6-3-4-9-13(11)12;1-2-14-10-11-7-8-12-5-3-4-6-13(12)9-11;1-5-13-10-11(2,3)9-6-7-12(10,4)8-9;1-2-13-12-9-5-7-10-6-3-4-8-11(10)12;1-2-13-12-8-7-10-5-3-4-6-11(10)9-12;1-4-8-6-5-7(2)3/h3-10,16H,2,11H2,1H3;3-8,13H,2,9-10H2,1H3;3-10,15H,2H2,1H3;3-8,13H,2,9H2,1H3;3-4,6,9,12H,2,5,7-8,10H2,1H3;3-6,11H,2,7-10H2,1H3;9-10H,5-8H2,1-4H3;3-4,6,8,12H,2,5,7,9H2,1H3;3-6,12H,2,7-9H2,1H3;7H,4-6H2,1-3H3. The van der Waals surface area contributed by atoms with Crippen molar-refractivity contribution < 1.29 is 47.4 Å². The molecule has 22 rings (SSSR count). The molecule has 10 aliphatic rings. The lowest BCUT2D eigenvalue weighted by Crippen LogP contribution is -2.42. The van der Waals surface area contributed by atoms with E-state index >= 15 is 0 Å². The Balaban J connectivity index is 0.000000131. The molecule has 2 saturated carbocycles. The number of fused-ring (bicyclic) bond motifs is 12. The van der Waals surface area contributed by atoms with Crippen LogP contribution < -0.4 is 0 Å². The lowest BCUT2D eigenvalue weighted by molar-refractivity contribution is -0.0840. The van der Waals surface area contributed by atoms with Crippen LogP contribution in [0.25, 0.3) is 43.8 Å². The fourth-order valence-corrected chi connectivity index (χ4v) is 23.3. The third-order valence-corrected chi connectivity index (χ3v) is 30.1. The fourth-order valence-electron chi connectivity index (χ4n) is 23.3. The lowest BCUT2D eigenvalue weighted by Gasteiger charge is -2.42. The van der Waals surface area contributed by atoms with Crippen LogP contribution in [-0.2, 0) is 98.7 Å². The van der Waals surface area contributed by atoms with Crippen molar-refractivity contribution in [3.05, 3.63) is 356 Å². The highest BCUT2D eigenvalue weighted by molar-refractivity contribution is 5.92. The summed E-state index contributed by atoms with van der Waals surface area (Å²) < 4.78 is 56.3. The van der Waals surface area contributed by atoms with Gasteiger partial charge in [0, 0.05) is 103 Å². The van der Waals surface area contributed by atoms with Crippen molar-refractivity contribution in [2.75, 3.05) is 99.1 Å². The molecule has 742 valence electrons. The van der Waals surface area contributed by atoms with Crippen molar-refractivity contribution in [1.82, 2.24) is 0 Å². The maximum absolute atomic E-state index is 5.96. The first kappa shape index (κ1) is 107. The maximum atomic E-state index is 5.96. The molecule has 0 aromatic heterocycles. The summed E-state index contributed by atoms with van der Waals surface area (Å²) in [7, 11) is 0. The largest absolute Gasteiger partial charge is 0.382 e. The van der Waals surface area contributed by atoms with E-state index in [0.29, 0.717) is 46.9 Å². The molecule has 2 fully saturated rings. The van der Waals surface area contributed by atoms with Gasteiger partial charge in [0.25, 0.3) is 0 Å². The minimum absolute atomic E-state index is 0.123. The molecule has 12 aromatic rings. The van der Waals surface area contributed by atoms with Crippen LogP contribution in [0.2, 0.25) is 0 Å². The Morgan fingerprint density at radius 1 is 0.302 bits per heavy atom. The Morgan fingerprint density at radius 3 is 1.27 bits per heavy atom. The van der Waals surface area contributed by atoms with Crippen molar-refractivity contribution in [3.63, 3.8) is 0 Å². The zero-order chi connectivity index (χ0) is 97.7. The SMILES string of the molecule is CCOC1C2(C)CCC(C2)C1(C)C.CCOC1CCCc2ccccc21.CCOC1CCc2ccccc2C1.CCOC1Cc2cccc3cccc1c23.CCOC1c2ccccc2-c2ccccc21.CCOCC1CCCc2ccccc21.CCOCC1CCc2ccccc2C1.CCOCC1Cc2cccc3cccc1c23.CCOCC1c2ccccc2-c2ccccc21.CCOCCC(C)C. The third-order valence-electron chi connectivity index (χ3n) is 30.1. The topological polar surface area (TPSA) is 92.3 Å². The van der Waals surface area contributed by atoms with Crippen LogP contribution in [0.1, 0.15) is 293 Å². The van der Waals surface area contributed by atoms with Crippen molar-refractivity contribution in [3.8, 4) is 22.3 Å². The van der Waals surface area contributed by atoms with Crippen molar-refractivity contribution in [2.24, 2.45) is 28.6 Å². The average Bonchev–Trinajstić information content (AvgIpc) is 1.57. The molecule has 0 spiro atoms. The predicted octanol–water partition coefficient (Wildman–Crippen LogP) is 31.6. The Kier molecular flexibility index (Phi) is 42.7. The monoisotopic (exact) mass is 1880 g/mol. The molecule has 9 atom stereocenters. The maximum Gasteiger partial charge on any atom is 0.109 e. The molecule has 0 amide bonds. The normalized spacial score (nSPS) is 20.4. The van der Waals surface area contributed by atoms with Crippen molar-refractivity contribution in [2.45, 2.75) is 268 Å². The van der Waals surface area contributed by atoms with Gasteiger partial charge in [-0.05, 0) is 340 Å². The van der Waals surface area contributed by atoms with E-state index < -0.39 is 0 Å². The van der Waals surface area contributed by atoms with Crippen molar-refractivity contribution in [1.29, 1.82) is 0 Å². The number of benzene rings is 12. The highest BCUT2D eigenvalue weighted by Gasteiger charge is 2.60. The Hall–Kier alpha value is -9.24. The van der Waals surface area contributed by atoms with Gasteiger partial charge in [0.05, 0.1) is 44.2 Å². The first-order chi connectivity index (χ1) is 68.0. The van der Waals surface area contributed by atoms with Crippen LogP contribution in [0.3, 0.4) is 0 Å². The van der Waals surface area contributed by atoms with Crippen LogP contribution in [0.4, 0.5) is 0 Å². The molecule has 0 saturated heterocycles. The van der Waals surface area contributed by atoms with Gasteiger partial charge in [-0.25, -0.2) is 0 Å². The Morgan fingerprint density at radius 2 is 0.727 bits per heavy atom. The van der Waals surface area contributed by atoms with Gasteiger partial charge in [-0.15, -0.1) is 0 Å². The van der Waals surface area contributed by atoms with Gasteiger partial charge in [-0.1, -0.05) is 302 Å². The van der Waals surface area contributed by atoms with Gasteiger partial charge in [-0.2, -0.15) is 0 Å². The van der Waals surface area contributed by atoms with Gasteiger partial charge >= 0.3 is 0 Å². The molecular formula is C129H166O10. The van der Waals surface area contributed by atoms with E-state index in [1.165, 1.54) is 224 Å². The van der Waals surface area contributed by atoms with E-state index in [-0.39, 0.29) is 12.2 Å². The zero-order valence-corrected chi connectivity index (χ0v) is 87.2. The first-order valence-electron chi connectivity index (χ1n) is 53.7. The molecule has 0 heterocycles. The second kappa shape index (κ2) is 55.4. The van der Waals surface area contributed by atoms with E-state index in [4.69, 9.17) is 47.4 Å². The van der Waals surface area contributed by atoms with Gasteiger partial charge in [0.15, 0.2) is 0 Å². The van der Waals surface area contributed by atoms with Crippen LogP contribution in [-0.4, -0.2) is 111 Å². The minimum Gasteiger partial charge on any atom is -0.382 e. The first-order valence-corrected chi connectivity index (χ1v) is 53.7. The highest BCUT2D eigenvalue weighted by atomic mass is 16.5. The second-order valence-corrected chi connectivity index (χ2v) is 40.1. The van der Waals surface area contributed by atoms with Crippen LogP contribution >= 0.6 is 0 Å². The van der Waals surface area contributed by atoms with Gasteiger partial charge in [0.1, 0.15) is 6.10 Å². The van der Waals surface area contributed by atoms with E-state index in [9.17, 15) is 0 Å². The summed E-state index contributed by atoms with van der Waals surface area (Å²) in [6.45, 7) is 44.8. The molecule has 10 aliphatic carbocycles. The molecule has 0 radical (unpaired) electrons. The minimum atomic E-state index is 0.123. The van der Waals surface area contributed by atoms with Crippen LogP contribution in [0.15, 0.2) is 267 Å². The molecular weight excluding hydrogens is 1710 g/mol. The summed E-state index contributed by atoms with van der Waals surface area (Å²) in [5, 5.41) is 5.59. The third kappa shape index (κ3) is 28.4. The van der Waals surface area contributed by atoms with Gasteiger partial charge in [0.2, 0.25) is 0 Å². The second-order valence-electron chi connectivity index (χ2n) is 40.1. The number of aryl methyl sites for hydroxylation is 4. The quantitative estimate of drug-likeness (QED) is 0.0488. The predicted molar refractivity (Wildman–Crippen MR) is 580 cm³/mol. The van der Waals surface area contributed by atoms with Crippen LogP contribution in [0.5, 0.6) is 0 Å². The van der Waals surface area contributed by atoms with E-state index in [2.05, 4.69) is 350 Å². The lowest BCUT2D eigenvalue weighted by atomic mass is 9.70. The molecule has 0 N–H and O–H groups in total. The van der Waals surface area contributed by atoms with Crippen molar-refractivity contribution >= 4 is 21.5 Å². The summed E-state index contributed by atoms with van der Waals surface area (Å²) in [6, 6.07) is 95.5. The summed E-state index contributed by atoms with van der Waals surface area (Å²) >= 11 is 0. The number of ether oxygens (including phenoxy) is 10. The van der Waals surface area contributed by atoms with E-state index in [0.717, 1.165) is 136 Å².